The van der Waals surface area contributed by atoms with Crippen molar-refractivity contribution in [3.05, 3.63) is 22.1 Å². The third-order valence-corrected chi connectivity index (χ3v) is 4.67. The van der Waals surface area contributed by atoms with Crippen molar-refractivity contribution < 1.29 is 14.3 Å². The van der Waals surface area contributed by atoms with Crippen LogP contribution in [0.25, 0.3) is 0 Å². The number of esters is 1. The van der Waals surface area contributed by atoms with E-state index in [1.165, 1.54) is 11.1 Å². The van der Waals surface area contributed by atoms with Crippen LogP contribution in [0.15, 0.2) is 12.4 Å². The molecule has 132 valence electrons. The zero-order valence-corrected chi connectivity index (χ0v) is 15.1. The molecule has 10 heteroatoms. The summed E-state index contributed by atoms with van der Waals surface area (Å²) in [6, 6.07) is 0. The van der Waals surface area contributed by atoms with Gasteiger partial charge in [-0.1, -0.05) is 11.3 Å². The smallest absolute Gasteiger partial charge is 0.350 e. The maximum atomic E-state index is 11.0. The van der Waals surface area contributed by atoms with E-state index in [2.05, 4.69) is 14.9 Å². The highest BCUT2D eigenvalue weighted by Crippen LogP contribution is 2.17. The Hall–Kier alpha value is -1.75. The molecule has 3 heterocycles. The first-order chi connectivity index (χ1) is 11.6. The van der Waals surface area contributed by atoms with E-state index in [0.29, 0.717) is 21.7 Å². The van der Waals surface area contributed by atoms with Crippen LogP contribution in [-0.4, -0.2) is 53.7 Å². The number of carbonyl (C=O) groups is 1. The van der Waals surface area contributed by atoms with E-state index in [9.17, 15) is 4.79 Å². The second-order valence-electron chi connectivity index (χ2n) is 4.84. The number of anilines is 2. The number of ether oxygens (including phenoxy) is 2. The fourth-order valence-electron chi connectivity index (χ4n) is 1.96. The third-order valence-electron chi connectivity index (χ3n) is 3.05. The third kappa shape index (κ3) is 6.04. The molecule has 0 aromatic carbocycles. The predicted molar refractivity (Wildman–Crippen MR) is 95.1 cm³/mol. The minimum Gasteiger partial charge on any atom is -0.462 e. The molecule has 0 aliphatic carbocycles. The first-order valence-electron chi connectivity index (χ1n) is 7.47. The second kappa shape index (κ2) is 9.52. The van der Waals surface area contributed by atoms with Crippen LogP contribution in [0.3, 0.4) is 0 Å². The fourth-order valence-corrected chi connectivity index (χ4v) is 3.26. The van der Waals surface area contributed by atoms with Crippen molar-refractivity contribution in [3.8, 4) is 0 Å². The quantitative estimate of drug-likeness (QED) is 0.776. The fraction of sp³-hybridized carbons (Fsp3) is 0.500. The van der Waals surface area contributed by atoms with Gasteiger partial charge in [0.25, 0.3) is 0 Å². The standard InChI is InChI=1S/C8H13N3OS.C6H8N2O2S/c9-8-10-5-7(13-8)6-11-1-3-12-4-2-11;1-2-10-5(9)4-3-8-6(7)11-4/h5H,1-4,6H2,(H2,9,10);3H,2H2,1H3,(H2,7,8). The summed E-state index contributed by atoms with van der Waals surface area (Å²) in [7, 11) is 0. The zero-order valence-electron chi connectivity index (χ0n) is 13.4. The lowest BCUT2D eigenvalue weighted by Crippen LogP contribution is -2.35. The highest BCUT2D eigenvalue weighted by atomic mass is 32.1. The second-order valence-corrected chi connectivity index (χ2v) is 7.05. The number of rotatable bonds is 4. The van der Waals surface area contributed by atoms with E-state index in [1.807, 2.05) is 6.20 Å². The molecule has 0 unspecified atom stereocenters. The summed E-state index contributed by atoms with van der Waals surface area (Å²) >= 11 is 2.69. The maximum absolute atomic E-state index is 11.0. The molecule has 24 heavy (non-hydrogen) atoms. The molecule has 0 radical (unpaired) electrons. The average molecular weight is 371 g/mol. The highest BCUT2D eigenvalue weighted by molar-refractivity contribution is 7.17. The molecule has 1 fully saturated rings. The van der Waals surface area contributed by atoms with Crippen LogP contribution in [0.1, 0.15) is 21.5 Å². The first-order valence-corrected chi connectivity index (χ1v) is 9.10. The Morgan fingerprint density at radius 1 is 1.25 bits per heavy atom. The lowest BCUT2D eigenvalue weighted by atomic mass is 10.4. The molecule has 1 aliphatic rings. The van der Waals surface area contributed by atoms with Crippen molar-refractivity contribution in [2.45, 2.75) is 13.5 Å². The molecule has 8 nitrogen and oxygen atoms in total. The SMILES string of the molecule is CCOC(=O)c1cnc(N)s1.Nc1ncc(CN2CCOCC2)s1. The van der Waals surface area contributed by atoms with E-state index < -0.39 is 0 Å². The van der Waals surface area contributed by atoms with Gasteiger partial charge in [-0.3, -0.25) is 4.90 Å². The number of hydrogen-bond acceptors (Lipinski definition) is 10. The summed E-state index contributed by atoms with van der Waals surface area (Å²) in [5.74, 6) is -0.360. The number of hydrogen-bond donors (Lipinski definition) is 2. The van der Waals surface area contributed by atoms with Crippen LogP contribution in [0.2, 0.25) is 0 Å². The molecular formula is C14H21N5O3S2. The van der Waals surface area contributed by atoms with Crippen molar-refractivity contribution in [1.29, 1.82) is 0 Å². The van der Waals surface area contributed by atoms with E-state index in [4.69, 9.17) is 20.9 Å². The monoisotopic (exact) mass is 371 g/mol. The van der Waals surface area contributed by atoms with Crippen LogP contribution < -0.4 is 11.5 Å². The Morgan fingerprint density at radius 2 is 1.92 bits per heavy atom. The number of nitrogens with zero attached hydrogens (tertiary/aromatic N) is 3. The topological polar surface area (TPSA) is 117 Å². The summed E-state index contributed by atoms with van der Waals surface area (Å²) in [5, 5.41) is 1.04. The summed E-state index contributed by atoms with van der Waals surface area (Å²) in [5.41, 5.74) is 10.9. The molecule has 0 spiro atoms. The number of nitrogens with two attached hydrogens (primary N) is 2. The van der Waals surface area contributed by atoms with E-state index in [0.717, 1.165) is 44.2 Å². The van der Waals surface area contributed by atoms with Crippen LogP contribution in [-0.2, 0) is 16.0 Å². The van der Waals surface area contributed by atoms with Gasteiger partial charge in [0.15, 0.2) is 10.3 Å². The Balaban J connectivity index is 0.000000177. The number of carbonyl (C=O) groups excluding carboxylic acids is 1. The number of nitrogen functional groups attached to an aromatic ring is 2. The van der Waals surface area contributed by atoms with E-state index in [1.54, 1.807) is 18.3 Å². The molecule has 1 aliphatic heterocycles. The van der Waals surface area contributed by atoms with Crippen molar-refractivity contribution in [3.63, 3.8) is 0 Å². The van der Waals surface area contributed by atoms with Gasteiger partial charge in [0.2, 0.25) is 0 Å². The minimum atomic E-state index is -0.360. The molecule has 3 rings (SSSR count). The molecular weight excluding hydrogens is 350 g/mol. The van der Waals surface area contributed by atoms with Gasteiger partial charge in [-0.25, -0.2) is 14.8 Å². The van der Waals surface area contributed by atoms with Crippen LogP contribution in [0.4, 0.5) is 10.3 Å². The van der Waals surface area contributed by atoms with Gasteiger partial charge < -0.3 is 20.9 Å². The van der Waals surface area contributed by atoms with Gasteiger partial charge in [-0.05, 0) is 6.92 Å². The average Bonchev–Trinajstić information content (AvgIpc) is 3.18. The normalized spacial score (nSPS) is 14.7. The summed E-state index contributed by atoms with van der Waals surface area (Å²) < 4.78 is 9.98. The van der Waals surface area contributed by atoms with Gasteiger partial charge in [0.1, 0.15) is 4.88 Å². The van der Waals surface area contributed by atoms with Gasteiger partial charge in [0.05, 0.1) is 26.0 Å². The van der Waals surface area contributed by atoms with Gasteiger partial charge in [0, 0.05) is 30.7 Å². The molecule has 0 amide bonds. The highest BCUT2D eigenvalue weighted by Gasteiger charge is 2.11. The van der Waals surface area contributed by atoms with E-state index >= 15 is 0 Å². The number of thiazole rings is 2. The lowest BCUT2D eigenvalue weighted by Gasteiger charge is -2.25. The van der Waals surface area contributed by atoms with Gasteiger partial charge >= 0.3 is 5.97 Å². The Bertz CT molecular complexity index is 640. The van der Waals surface area contributed by atoms with Gasteiger partial charge in [-0.15, -0.1) is 11.3 Å². The van der Waals surface area contributed by atoms with Gasteiger partial charge in [-0.2, -0.15) is 0 Å². The summed E-state index contributed by atoms with van der Waals surface area (Å²) in [4.78, 5) is 22.7. The molecule has 0 bridgehead atoms. The molecule has 0 saturated carbocycles. The maximum Gasteiger partial charge on any atom is 0.350 e. The number of morpholine rings is 1. The molecule has 2 aromatic heterocycles. The molecule has 0 atom stereocenters. The molecule has 1 saturated heterocycles. The largest absolute Gasteiger partial charge is 0.462 e. The lowest BCUT2D eigenvalue weighted by molar-refractivity contribution is 0.0346. The molecule has 2 aromatic rings. The van der Waals surface area contributed by atoms with Crippen molar-refractivity contribution in [1.82, 2.24) is 14.9 Å². The van der Waals surface area contributed by atoms with Crippen LogP contribution in [0.5, 0.6) is 0 Å². The van der Waals surface area contributed by atoms with Crippen molar-refractivity contribution >= 4 is 38.9 Å². The predicted octanol–water partition coefficient (Wildman–Crippen LogP) is 1.46. The Kier molecular flexibility index (Phi) is 7.37. The summed E-state index contributed by atoms with van der Waals surface area (Å²) in [6.07, 6.45) is 3.27. The van der Waals surface area contributed by atoms with Crippen molar-refractivity contribution in [2.24, 2.45) is 0 Å². The van der Waals surface area contributed by atoms with Crippen molar-refractivity contribution in [2.75, 3.05) is 44.4 Å². The minimum absolute atomic E-state index is 0.360. The van der Waals surface area contributed by atoms with Crippen LogP contribution in [0, 0.1) is 0 Å². The van der Waals surface area contributed by atoms with E-state index in [-0.39, 0.29) is 5.97 Å². The Morgan fingerprint density at radius 3 is 2.46 bits per heavy atom. The summed E-state index contributed by atoms with van der Waals surface area (Å²) in [6.45, 7) is 6.79. The Labute approximate surface area is 148 Å². The first kappa shape index (κ1) is 18.6. The number of aromatic nitrogens is 2. The van der Waals surface area contributed by atoms with Crippen LogP contribution >= 0.6 is 22.7 Å². The molecule has 4 N–H and O–H groups in total. The zero-order chi connectivity index (χ0) is 17.4.